The molecule has 3 heterocycles. The number of alkyl halides is 6. The van der Waals surface area contributed by atoms with Crippen molar-refractivity contribution in [1.82, 2.24) is 40.5 Å². The quantitative estimate of drug-likeness (QED) is 0.0169. The highest BCUT2D eigenvalue weighted by molar-refractivity contribution is 7.92. The van der Waals surface area contributed by atoms with Crippen LogP contribution >= 0.6 is 34.8 Å². The average Bonchev–Trinajstić information content (AvgIpc) is 0.452. The number of hydrogen-bond acceptors (Lipinski definition) is 25. The third kappa shape index (κ3) is 24.9. The molecule has 0 aliphatic carbocycles. The van der Waals surface area contributed by atoms with Gasteiger partial charge in [0.2, 0.25) is 17.8 Å². The Kier molecular flexibility index (Phi) is 31.7. The molecule has 6 aromatic carbocycles. The number of para-hydroxylation sites is 3. The Morgan fingerprint density at radius 1 is 0.426 bits per heavy atom. The lowest BCUT2D eigenvalue weighted by atomic mass is 9.84. The minimum Gasteiger partial charge on any atom is -0.495 e. The van der Waals surface area contributed by atoms with Crippen LogP contribution in [0.25, 0.3) is 0 Å². The zero-order valence-electron chi connectivity index (χ0n) is 65.2. The summed E-state index contributed by atoms with van der Waals surface area (Å²) in [6.07, 6.45) is -5.74. The van der Waals surface area contributed by atoms with Gasteiger partial charge in [-0.05, 0) is 131 Å². The maximum absolute atomic E-state index is 12.8. The largest absolute Gasteiger partial charge is 0.495 e. The Balaban J connectivity index is 0.000000248. The molecule has 0 spiro atoms. The second-order valence-corrected chi connectivity index (χ2v) is 36.7. The molecule has 0 bridgehead atoms. The van der Waals surface area contributed by atoms with E-state index in [1.54, 1.807) is 173 Å². The molecule has 115 heavy (non-hydrogen) atoms. The van der Waals surface area contributed by atoms with Gasteiger partial charge in [-0.1, -0.05) is 131 Å². The lowest BCUT2D eigenvalue weighted by molar-refractivity contribution is -0.173. The smallest absolute Gasteiger partial charge is 0.471 e. The van der Waals surface area contributed by atoms with Crippen LogP contribution in [0.2, 0.25) is 15.1 Å². The number of nitrogen functional groups attached to an aromatic ring is 2. The number of anilines is 12. The summed E-state index contributed by atoms with van der Waals surface area (Å²) in [5.74, 6) is -1.44. The van der Waals surface area contributed by atoms with Crippen molar-refractivity contribution in [3.63, 3.8) is 0 Å². The van der Waals surface area contributed by atoms with Gasteiger partial charge in [-0.15, -0.1) is 0 Å². The van der Waals surface area contributed by atoms with Crippen molar-refractivity contribution in [2.24, 2.45) is 5.73 Å². The number of rotatable bonds is 27. The molecule has 2 amide bonds. The zero-order chi connectivity index (χ0) is 86.1. The monoisotopic (exact) mass is 1720 g/mol. The number of nitrogens with two attached hydrogens (primary N) is 3. The lowest BCUT2D eigenvalue weighted by Crippen LogP contribution is -2.43. The van der Waals surface area contributed by atoms with Crippen LogP contribution in [0.5, 0.6) is 17.2 Å². The van der Waals surface area contributed by atoms with E-state index in [1.807, 2.05) is 28.8 Å². The van der Waals surface area contributed by atoms with Gasteiger partial charge in [-0.3, -0.25) is 9.59 Å². The number of methoxy groups -OCH3 is 3. The van der Waals surface area contributed by atoms with Crippen LogP contribution in [0.15, 0.2) is 161 Å². The number of sulfone groups is 3. The molecule has 0 radical (unpaired) electrons. The highest BCUT2D eigenvalue weighted by Gasteiger charge is 2.41. The lowest BCUT2D eigenvalue weighted by Gasteiger charge is -2.27. The molecule has 622 valence electrons. The van der Waals surface area contributed by atoms with Crippen LogP contribution < -0.4 is 68.6 Å². The van der Waals surface area contributed by atoms with Crippen LogP contribution in [0.1, 0.15) is 99.8 Å². The molecule has 13 N–H and O–H groups in total. The highest BCUT2D eigenvalue weighted by Crippen LogP contribution is 2.39. The summed E-state index contributed by atoms with van der Waals surface area (Å²) >= 11 is 18.6. The maximum Gasteiger partial charge on any atom is 0.471 e. The molecule has 0 unspecified atom stereocenters. The third-order valence-corrected chi connectivity index (χ3v) is 24.8. The van der Waals surface area contributed by atoms with Crippen LogP contribution in [0.4, 0.5) is 95.8 Å². The second kappa shape index (κ2) is 38.9. The van der Waals surface area contributed by atoms with Gasteiger partial charge >= 0.3 is 24.2 Å². The number of hydrogen-bond donors (Lipinski definition) is 10. The number of aromatic nitrogens is 6. The first kappa shape index (κ1) is 93.6. The molecule has 0 saturated carbocycles. The van der Waals surface area contributed by atoms with Gasteiger partial charge in [0, 0.05) is 35.9 Å². The van der Waals surface area contributed by atoms with Crippen molar-refractivity contribution in [1.29, 1.82) is 0 Å². The maximum atomic E-state index is 12.8. The number of benzene rings is 6. The molecule has 0 fully saturated rings. The van der Waals surface area contributed by atoms with Crippen molar-refractivity contribution in [2.75, 3.05) is 79.0 Å². The molecule has 0 saturated heterocycles. The van der Waals surface area contributed by atoms with Gasteiger partial charge in [0.05, 0.1) is 104 Å². The van der Waals surface area contributed by atoms with Gasteiger partial charge in [-0.2, -0.15) is 41.3 Å². The third-order valence-electron chi connectivity index (χ3n) is 17.3. The van der Waals surface area contributed by atoms with Gasteiger partial charge in [0.15, 0.2) is 47.0 Å². The van der Waals surface area contributed by atoms with Gasteiger partial charge in [-0.25, -0.2) is 40.2 Å². The fourth-order valence-electron chi connectivity index (χ4n) is 10.1. The van der Waals surface area contributed by atoms with E-state index in [9.17, 15) is 61.2 Å². The average molecular weight is 1720 g/mol. The van der Waals surface area contributed by atoms with Gasteiger partial charge in [0.25, 0.3) is 0 Å². The molecule has 0 aliphatic heterocycles. The summed E-state index contributed by atoms with van der Waals surface area (Å²) in [6.45, 7) is 20.6. The van der Waals surface area contributed by atoms with Crippen LogP contribution in [-0.2, 0) is 55.3 Å². The zero-order valence-corrected chi connectivity index (χ0v) is 70.0. The standard InChI is InChI=1S/C26H29ClF3N5O4S.C24H30ClN5O3S.C13H15ClN4O2S.C13H17F3N2O2/c1-15(2)40(37,38)21-9-7-6-8-18(21)33-22-17(27)13-31-24(35-22)34-19-12-16(10-11-20(19)39-5)25(3,4)14-32-23(36)26(28,29)30;1-15(2)34(31,32)21-9-7-6-8-18(21)28-22-17(25)13-27-23(30-22)29-19-12-16(24(3,4)14-26)10-11-20(19)33-5;1-8(2)21(19,20)11-6-4-3-5-10(11)17-12-9(14)7-16-13(15)18-12;1-12(2,7-18-11(19)13(14,15)16)8-4-5-10(20-3)9(17)6-8/h6-13,15H,14H2,1-5H3,(H,32,36)(H2,31,33,34,35);6-13,15H,14,26H2,1-5H3,(H2,27,28,29,30);3-8H,1-2H3,(H3,15,16,17,18);4-6H,7,17H2,1-3H3,(H,18,19). The van der Waals surface area contributed by atoms with Crippen LogP contribution in [-0.4, -0.2) is 136 Å². The molecule has 0 aliphatic rings. The fourth-order valence-corrected chi connectivity index (χ4v) is 14.1. The van der Waals surface area contributed by atoms with E-state index in [0.717, 1.165) is 5.56 Å². The van der Waals surface area contributed by atoms with Crippen LogP contribution in [0, 0.1) is 0 Å². The summed E-state index contributed by atoms with van der Waals surface area (Å²) in [6, 6.07) is 35.3. The summed E-state index contributed by atoms with van der Waals surface area (Å²) in [4.78, 5) is 47.6. The molecule has 0 atom stereocenters. The SMILES string of the molecule is CC(C)S(=O)(=O)c1ccccc1Nc1nc(N)ncc1Cl.COc1ccc(C(C)(C)CN)cc1Nc1ncc(Cl)c(Nc2ccccc2S(=O)(=O)C(C)C)n1.COc1ccc(C(C)(C)CNC(=O)C(F)(F)F)cc1N.COc1ccc(C(C)(C)CNC(=O)C(F)(F)F)cc1Nc1ncc(Cl)c(Nc2ccccc2S(=O)(=O)C(C)C)n1. The number of carbonyl (C=O) groups excluding carboxylic acids is 2. The molecule has 9 aromatic rings. The Bertz CT molecular complexity index is 5290. The number of halogens is 9. The Hall–Kier alpha value is -10.2. The fraction of sp³-hybridized carbons (Fsp3) is 0.342. The van der Waals surface area contributed by atoms with E-state index in [-0.39, 0.29) is 89.2 Å². The molecule has 27 nitrogen and oxygen atoms in total. The predicted molar refractivity (Wildman–Crippen MR) is 438 cm³/mol. The van der Waals surface area contributed by atoms with E-state index in [2.05, 4.69) is 70.3 Å². The molecule has 9 rings (SSSR count). The number of amides is 2. The van der Waals surface area contributed by atoms with E-state index in [1.165, 1.54) is 44.9 Å². The van der Waals surface area contributed by atoms with E-state index >= 15 is 0 Å². The van der Waals surface area contributed by atoms with Crippen molar-refractivity contribution in [2.45, 2.75) is 142 Å². The molecule has 39 heteroatoms. The number of nitrogens with zero attached hydrogens (tertiary/aromatic N) is 6. The normalized spacial score (nSPS) is 12.0. The van der Waals surface area contributed by atoms with E-state index in [0.29, 0.717) is 63.4 Å². The summed E-state index contributed by atoms with van der Waals surface area (Å²) in [5, 5.41) is 17.7. The topological polar surface area (TPSA) is 404 Å². The van der Waals surface area contributed by atoms with Crippen molar-refractivity contribution < 1.29 is 75.4 Å². The summed E-state index contributed by atoms with van der Waals surface area (Å²) in [5.41, 5.74) is 20.2. The first-order valence-corrected chi connectivity index (χ1v) is 40.6. The minimum absolute atomic E-state index is 0.0473. The van der Waals surface area contributed by atoms with Crippen molar-refractivity contribution in [3.05, 3.63) is 178 Å². The van der Waals surface area contributed by atoms with Crippen LogP contribution in [0.3, 0.4) is 0 Å². The number of carbonyl (C=O) groups is 2. The predicted octanol–water partition coefficient (Wildman–Crippen LogP) is 15.7. The van der Waals surface area contributed by atoms with E-state index in [4.69, 9.17) is 66.2 Å². The van der Waals surface area contributed by atoms with Gasteiger partial charge < -0.3 is 68.6 Å². The second-order valence-electron chi connectivity index (χ2n) is 28.1. The Morgan fingerprint density at radius 2 is 0.730 bits per heavy atom. The summed E-state index contributed by atoms with van der Waals surface area (Å²) in [7, 11) is -6.07. The summed E-state index contributed by atoms with van der Waals surface area (Å²) < 4.78 is 166. The van der Waals surface area contributed by atoms with Crippen molar-refractivity contribution >= 4 is 146 Å². The van der Waals surface area contributed by atoms with Gasteiger partial charge in [0.1, 0.15) is 32.3 Å². The first-order chi connectivity index (χ1) is 53.4. The van der Waals surface area contributed by atoms with Crippen molar-refractivity contribution in [3.8, 4) is 17.2 Å². The number of nitrogens with one attached hydrogen (secondary N) is 7. The highest BCUT2D eigenvalue weighted by atomic mass is 35.5. The molecule has 3 aromatic heterocycles. The van der Waals surface area contributed by atoms with E-state index < -0.39 is 80.3 Å². The Labute approximate surface area is 679 Å². The Morgan fingerprint density at radius 3 is 1.04 bits per heavy atom. The molecular weight excluding hydrogens is 1630 g/mol. The number of ether oxygens (including phenoxy) is 3. The first-order valence-electron chi connectivity index (χ1n) is 34.8. The molecular formula is C76H91Cl3F6N16O11S3. The minimum atomic E-state index is -4.99.